The molecule has 0 amide bonds. The van der Waals surface area contributed by atoms with Crippen LogP contribution in [0.15, 0.2) is 36.5 Å². The highest BCUT2D eigenvalue weighted by Crippen LogP contribution is 2.25. The zero-order valence-electron chi connectivity index (χ0n) is 12.5. The summed E-state index contributed by atoms with van der Waals surface area (Å²) in [6, 6.07) is 10.4. The van der Waals surface area contributed by atoms with Gasteiger partial charge in [0.2, 0.25) is 0 Å². The van der Waals surface area contributed by atoms with E-state index in [1.54, 1.807) is 6.20 Å². The van der Waals surface area contributed by atoms with Crippen LogP contribution in [-0.2, 0) is 0 Å². The molecule has 0 spiro atoms. The summed E-state index contributed by atoms with van der Waals surface area (Å²) in [6.07, 6.45) is 1.72. The number of halogens is 1. The molecule has 0 saturated carbocycles. The molecule has 0 N–H and O–H groups in total. The van der Waals surface area contributed by atoms with Gasteiger partial charge >= 0.3 is 0 Å². The lowest BCUT2D eigenvalue weighted by molar-refractivity contribution is 0.646. The summed E-state index contributed by atoms with van der Waals surface area (Å²) in [4.78, 5) is 9.19. The third-order valence-corrected chi connectivity index (χ3v) is 4.46. The van der Waals surface area contributed by atoms with Crippen LogP contribution in [0.1, 0.15) is 11.1 Å². The Kier molecular flexibility index (Phi) is 4.02. The van der Waals surface area contributed by atoms with Crippen molar-refractivity contribution < 1.29 is 0 Å². The molecule has 0 radical (unpaired) electrons. The summed E-state index contributed by atoms with van der Waals surface area (Å²) in [6.45, 7) is 8.40. The van der Waals surface area contributed by atoms with E-state index in [0.29, 0.717) is 5.02 Å². The van der Waals surface area contributed by atoms with Crippen molar-refractivity contribution >= 4 is 23.1 Å². The molecular weight excluding hydrogens is 282 g/mol. The van der Waals surface area contributed by atoms with Gasteiger partial charge in [-0.15, -0.1) is 0 Å². The van der Waals surface area contributed by atoms with Gasteiger partial charge in [-0.05, 0) is 43.2 Å². The number of rotatable bonds is 2. The zero-order chi connectivity index (χ0) is 14.8. The summed E-state index contributed by atoms with van der Waals surface area (Å²) in [7, 11) is 0. The van der Waals surface area contributed by atoms with Crippen LogP contribution in [0.5, 0.6) is 0 Å². The summed E-state index contributed by atoms with van der Waals surface area (Å²) < 4.78 is 0. The molecule has 1 fully saturated rings. The van der Waals surface area contributed by atoms with E-state index >= 15 is 0 Å². The lowest BCUT2D eigenvalue weighted by Gasteiger charge is -2.37. The van der Waals surface area contributed by atoms with E-state index in [-0.39, 0.29) is 0 Å². The molecular formula is C17H20ClN3. The number of benzene rings is 1. The van der Waals surface area contributed by atoms with Crippen molar-refractivity contribution in [2.24, 2.45) is 0 Å². The Hall–Kier alpha value is -1.74. The van der Waals surface area contributed by atoms with Crippen LogP contribution in [0.3, 0.4) is 0 Å². The monoisotopic (exact) mass is 301 g/mol. The molecule has 1 saturated heterocycles. The third-order valence-electron chi connectivity index (χ3n) is 4.23. The average molecular weight is 302 g/mol. The second-order valence-electron chi connectivity index (χ2n) is 5.53. The first kappa shape index (κ1) is 14.2. The molecule has 1 aromatic carbocycles. The fourth-order valence-corrected chi connectivity index (χ4v) is 2.92. The smallest absolute Gasteiger partial charge is 0.128 e. The summed E-state index contributed by atoms with van der Waals surface area (Å²) in [5.74, 6) is 1.01. The zero-order valence-corrected chi connectivity index (χ0v) is 13.3. The number of aryl methyl sites for hydroxylation is 1. The minimum atomic E-state index is 0.688. The number of hydrogen-bond donors (Lipinski definition) is 0. The largest absolute Gasteiger partial charge is 0.368 e. The van der Waals surface area contributed by atoms with Crippen molar-refractivity contribution in [3.05, 3.63) is 52.7 Å². The van der Waals surface area contributed by atoms with Crippen molar-refractivity contribution in [1.29, 1.82) is 0 Å². The Bertz CT molecular complexity index is 616. The van der Waals surface area contributed by atoms with Gasteiger partial charge in [-0.3, -0.25) is 0 Å². The van der Waals surface area contributed by atoms with E-state index in [9.17, 15) is 0 Å². The second-order valence-corrected chi connectivity index (χ2v) is 5.96. The molecule has 1 aromatic heterocycles. The molecule has 2 heterocycles. The molecule has 1 aliphatic rings. The van der Waals surface area contributed by atoms with Gasteiger partial charge in [0, 0.05) is 38.1 Å². The highest BCUT2D eigenvalue weighted by molar-refractivity contribution is 6.30. The number of pyridine rings is 1. The second kappa shape index (κ2) is 5.94. The molecule has 110 valence electrons. The first-order chi connectivity index (χ1) is 10.1. The topological polar surface area (TPSA) is 19.4 Å². The highest BCUT2D eigenvalue weighted by atomic mass is 35.5. The summed E-state index contributed by atoms with van der Waals surface area (Å²) in [5, 5.41) is 0.688. The standard InChI is InChI=1S/C17H20ClN3/c1-13-4-3-5-16(14(13)2)20-8-10-21(11-9-20)17-7-6-15(18)12-19-17/h3-7,12H,8-11H2,1-2H3. The number of aromatic nitrogens is 1. The number of piperazine rings is 1. The molecule has 2 aromatic rings. The SMILES string of the molecule is Cc1cccc(N2CCN(c3ccc(Cl)cn3)CC2)c1C. The number of nitrogens with zero attached hydrogens (tertiary/aromatic N) is 3. The van der Waals surface area contributed by atoms with E-state index in [2.05, 4.69) is 46.8 Å². The number of hydrogen-bond acceptors (Lipinski definition) is 3. The molecule has 0 aliphatic carbocycles. The van der Waals surface area contributed by atoms with Gasteiger partial charge in [0.15, 0.2) is 0 Å². The Balaban J connectivity index is 1.70. The molecule has 0 unspecified atom stereocenters. The van der Waals surface area contributed by atoms with Crippen LogP contribution in [0.25, 0.3) is 0 Å². The molecule has 21 heavy (non-hydrogen) atoms. The van der Waals surface area contributed by atoms with Gasteiger partial charge in [0.1, 0.15) is 5.82 Å². The maximum Gasteiger partial charge on any atom is 0.128 e. The van der Waals surface area contributed by atoms with Gasteiger partial charge in [0.05, 0.1) is 5.02 Å². The van der Waals surface area contributed by atoms with Gasteiger partial charge in [-0.2, -0.15) is 0 Å². The van der Waals surface area contributed by atoms with E-state index in [0.717, 1.165) is 32.0 Å². The first-order valence-corrected chi connectivity index (χ1v) is 7.70. The maximum absolute atomic E-state index is 5.90. The van der Waals surface area contributed by atoms with Gasteiger partial charge in [0.25, 0.3) is 0 Å². The van der Waals surface area contributed by atoms with E-state index in [4.69, 9.17) is 11.6 Å². The summed E-state index contributed by atoms with van der Waals surface area (Å²) in [5.41, 5.74) is 4.10. The van der Waals surface area contributed by atoms with Crippen LogP contribution in [0, 0.1) is 13.8 Å². The molecule has 0 bridgehead atoms. The first-order valence-electron chi connectivity index (χ1n) is 7.33. The van der Waals surface area contributed by atoms with Crippen LogP contribution in [0.4, 0.5) is 11.5 Å². The van der Waals surface area contributed by atoms with Crippen LogP contribution < -0.4 is 9.80 Å². The minimum Gasteiger partial charge on any atom is -0.368 e. The van der Waals surface area contributed by atoms with Gasteiger partial charge < -0.3 is 9.80 Å². The molecule has 3 rings (SSSR count). The average Bonchev–Trinajstić information content (AvgIpc) is 2.51. The molecule has 4 heteroatoms. The fourth-order valence-electron chi connectivity index (χ4n) is 2.81. The highest BCUT2D eigenvalue weighted by Gasteiger charge is 2.19. The lowest BCUT2D eigenvalue weighted by atomic mass is 10.1. The fraction of sp³-hybridized carbons (Fsp3) is 0.353. The minimum absolute atomic E-state index is 0.688. The van der Waals surface area contributed by atoms with Crippen molar-refractivity contribution in [1.82, 2.24) is 4.98 Å². The van der Waals surface area contributed by atoms with Gasteiger partial charge in [-0.25, -0.2) is 4.98 Å². The Labute approximate surface area is 131 Å². The van der Waals surface area contributed by atoms with Crippen molar-refractivity contribution in [2.75, 3.05) is 36.0 Å². The predicted molar refractivity (Wildman–Crippen MR) is 89.6 cm³/mol. The van der Waals surface area contributed by atoms with E-state index < -0.39 is 0 Å². The van der Waals surface area contributed by atoms with Crippen LogP contribution in [-0.4, -0.2) is 31.2 Å². The Morgan fingerprint density at radius 3 is 2.33 bits per heavy atom. The third kappa shape index (κ3) is 2.98. The van der Waals surface area contributed by atoms with Crippen molar-refractivity contribution in [3.8, 4) is 0 Å². The predicted octanol–water partition coefficient (Wildman–Crippen LogP) is 3.68. The maximum atomic E-state index is 5.90. The van der Waals surface area contributed by atoms with Crippen LogP contribution in [0.2, 0.25) is 5.02 Å². The molecule has 3 nitrogen and oxygen atoms in total. The number of anilines is 2. The van der Waals surface area contributed by atoms with Gasteiger partial charge in [-0.1, -0.05) is 23.7 Å². The molecule has 0 atom stereocenters. The van der Waals surface area contributed by atoms with Crippen molar-refractivity contribution in [2.45, 2.75) is 13.8 Å². The lowest BCUT2D eigenvalue weighted by Crippen LogP contribution is -2.47. The van der Waals surface area contributed by atoms with E-state index in [1.807, 2.05) is 12.1 Å². The van der Waals surface area contributed by atoms with Crippen LogP contribution >= 0.6 is 11.6 Å². The van der Waals surface area contributed by atoms with Crippen molar-refractivity contribution in [3.63, 3.8) is 0 Å². The normalized spacial score (nSPS) is 15.4. The molecule has 1 aliphatic heterocycles. The Morgan fingerprint density at radius 1 is 0.952 bits per heavy atom. The quantitative estimate of drug-likeness (QED) is 0.843. The summed E-state index contributed by atoms with van der Waals surface area (Å²) >= 11 is 5.90. The van der Waals surface area contributed by atoms with E-state index in [1.165, 1.54) is 16.8 Å². The Morgan fingerprint density at radius 2 is 1.67 bits per heavy atom.